The molecule has 4 aromatic rings. The Bertz CT molecular complexity index is 1090. The van der Waals surface area contributed by atoms with Gasteiger partial charge in [0.1, 0.15) is 10.0 Å². The van der Waals surface area contributed by atoms with Gasteiger partial charge in [-0.3, -0.25) is 0 Å². The summed E-state index contributed by atoms with van der Waals surface area (Å²) in [5.41, 5.74) is 2.20. The van der Waals surface area contributed by atoms with E-state index < -0.39 is 0 Å². The molecule has 2 heterocycles. The molecular weight excluding hydrogens is 404 g/mol. The molecule has 2 aromatic carbocycles. The van der Waals surface area contributed by atoms with E-state index in [9.17, 15) is 0 Å². The Kier molecular flexibility index (Phi) is 7.29. The number of hydrogen-bond donors (Lipinski definition) is 0. The van der Waals surface area contributed by atoms with E-state index in [0.717, 1.165) is 33.9 Å². The van der Waals surface area contributed by atoms with Gasteiger partial charge in [0.05, 0.1) is 20.4 Å². The largest absolute Gasteiger partial charge is 0.237 e. The van der Waals surface area contributed by atoms with Crippen molar-refractivity contribution in [2.45, 2.75) is 65.2 Å². The van der Waals surface area contributed by atoms with Crippen molar-refractivity contribution in [2.24, 2.45) is 0 Å². The summed E-state index contributed by atoms with van der Waals surface area (Å²) in [4.78, 5) is 9.68. The molecule has 0 unspecified atom stereocenters. The summed E-state index contributed by atoms with van der Waals surface area (Å²) in [6, 6.07) is 8.78. The van der Waals surface area contributed by atoms with E-state index in [0.29, 0.717) is 0 Å². The first-order valence-electron chi connectivity index (χ1n) is 11.3. The average Bonchev–Trinajstić information content (AvgIpc) is 3.36. The Hall–Kier alpha value is -2.04. The van der Waals surface area contributed by atoms with E-state index in [2.05, 4.69) is 62.4 Å². The third-order valence-electron chi connectivity index (χ3n) is 5.40. The molecule has 30 heavy (non-hydrogen) atoms. The van der Waals surface area contributed by atoms with Gasteiger partial charge in [-0.25, -0.2) is 9.97 Å². The minimum absolute atomic E-state index is 1.10. The molecule has 0 radical (unpaired) electrons. The monoisotopic (exact) mass is 434 g/mol. The number of rotatable bonds is 10. The van der Waals surface area contributed by atoms with Gasteiger partial charge in [-0.1, -0.05) is 63.8 Å². The molecular formula is C26H30N2S2. The fraction of sp³-hybridized carbons (Fsp3) is 0.385. The Morgan fingerprint density at radius 1 is 0.667 bits per heavy atom. The second kappa shape index (κ2) is 10.3. The highest BCUT2D eigenvalue weighted by molar-refractivity contribution is 7.21. The van der Waals surface area contributed by atoms with Crippen LogP contribution >= 0.6 is 22.7 Å². The molecule has 0 aliphatic heterocycles. The van der Waals surface area contributed by atoms with E-state index in [-0.39, 0.29) is 0 Å². The minimum Gasteiger partial charge on any atom is -0.237 e. The zero-order chi connectivity index (χ0) is 20.8. The van der Waals surface area contributed by atoms with Gasteiger partial charge < -0.3 is 0 Å². The highest BCUT2D eigenvalue weighted by atomic mass is 32.1. The van der Waals surface area contributed by atoms with E-state index in [4.69, 9.17) is 9.97 Å². The van der Waals surface area contributed by atoms with Gasteiger partial charge in [-0.2, -0.15) is 0 Å². The van der Waals surface area contributed by atoms with Gasteiger partial charge in [0.25, 0.3) is 0 Å². The predicted molar refractivity (Wildman–Crippen MR) is 137 cm³/mol. The van der Waals surface area contributed by atoms with Crippen LogP contribution in [0, 0.1) is 0 Å². The number of unbranched alkanes of at least 4 members (excludes halogenated alkanes) is 6. The van der Waals surface area contributed by atoms with Crippen LogP contribution in [-0.4, -0.2) is 9.97 Å². The van der Waals surface area contributed by atoms with Crippen LogP contribution in [0.4, 0.5) is 0 Å². The van der Waals surface area contributed by atoms with Crippen LogP contribution in [0.1, 0.15) is 75.2 Å². The van der Waals surface area contributed by atoms with Gasteiger partial charge >= 0.3 is 0 Å². The summed E-state index contributed by atoms with van der Waals surface area (Å²) in [5.74, 6) is 0. The first-order chi connectivity index (χ1) is 14.8. The van der Waals surface area contributed by atoms with Crippen molar-refractivity contribution in [1.82, 2.24) is 9.97 Å². The van der Waals surface area contributed by atoms with Crippen LogP contribution < -0.4 is 0 Å². The van der Waals surface area contributed by atoms with Gasteiger partial charge in [-0.15, -0.1) is 22.7 Å². The Morgan fingerprint density at radius 3 is 1.57 bits per heavy atom. The first-order valence-corrected chi connectivity index (χ1v) is 12.9. The molecule has 0 spiro atoms. The summed E-state index contributed by atoms with van der Waals surface area (Å²) in [6.45, 7) is 4.49. The van der Waals surface area contributed by atoms with Crippen LogP contribution in [0.2, 0.25) is 0 Å². The Morgan fingerprint density at radius 2 is 1.13 bits per heavy atom. The van der Waals surface area contributed by atoms with Crippen molar-refractivity contribution in [3.05, 3.63) is 46.4 Å². The number of nitrogens with zero attached hydrogens (tertiary/aromatic N) is 2. The predicted octanol–water partition coefficient (Wildman–Crippen LogP) is 9.25. The molecule has 0 N–H and O–H groups in total. The molecule has 2 aromatic heterocycles. The second-order valence-electron chi connectivity index (χ2n) is 7.82. The van der Waals surface area contributed by atoms with Gasteiger partial charge in [-0.05, 0) is 50.0 Å². The molecule has 0 fully saturated rings. The maximum Gasteiger partial charge on any atom is 0.117 e. The lowest BCUT2D eigenvalue weighted by Crippen LogP contribution is -1.76. The lowest BCUT2D eigenvalue weighted by atomic mass is 10.1. The number of thiazole rings is 2. The number of benzene rings is 2. The van der Waals surface area contributed by atoms with E-state index in [1.54, 1.807) is 22.7 Å². The van der Waals surface area contributed by atoms with Crippen molar-refractivity contribution < 1.29 is 0 Å². The molecule has 4 heteroatoms. The van der Waals surface area contributed by atoms with E-state index in [1.165, 1.54) is 58.7 Å². The summed E-state index contributed by atoms with van der Waals surface area (Å²) in [6.07, 6.45) is 18.9. The standard InChI is InChI=1S/C26H30N2S2/c1-3-5-7-9-11-13-23-27-21-17-15-20-19(25(21)29-23)16-18-22-26(20)30-24(28-22)14-12-10-8-6-4-2/h11-18H,3-10H2,1-2H3/b13-11+,14-12+. The third kappa shape index (κ3) is 4.81. The highest BCUT2D eigenvalue weighted by Gasteiger charge is 2.11. The molecule has 0 amide bonds. The maximum absolute atomic E-state index is 4.84. The number of allylic oxidation sites excluding steroid dienone is 2. The molecule has 2 nitrogen and oxygen atoms in total. The normalized spacial score (nSPS) is 12.5. The van der Waals surface area contributed by atoms with E-state index in [1.807, 2.05) is 0 Å². The van der Waals surface area contributed by atoms with Crippen LogP contribution in [0.25, 0.3) is 43.4 Å². The van der Waals surface area contributed by atoms with Crippen molar-refractivity contribution >= 4 is 66.0 Å². The number of fused-ring (bicyclic) bond motifs is 5. The lowest BCUT2D eigenvalue weighted by Gasteiger charge is -1.99. The van der Waals surface area contributed by atoms with Crippen LogP contribution in [-0.2, 0) is 0 Å². The van der Waals surface area contributed by atoms with Gasteiger partial charge in [0, 0.05) is 10.8 Å². The quantitative estimate of drug-likeness (QED) is 0.232. The molecule has 0 saturated heterocycles. The highest BCUT2D eigenvalue weighted by Crippen LogP contribution is 2.37. The Balaban J connectivity index is 1.61. The maximum atomic E-state index is 4.84. The van der Waals surface area contributed by atoms with Crippen LogP contribution in [0.15, 0.2) is 36.4 Å². The fourth-order valence-corrected chi connectivity index (χ4v) is 5.79. The smallest absolute Gasteiger partial charge is 0.117 e. The third-order valence-corrected chi connectivity index (χ3v) is 7.54. The topological polar surface area (TPSA) is 25.8 Å². The van der Waals surface area contributed by atoms with Crippen molar-refractivity contribution in [3.63, 3.8) is 0 Å². The zero-order valence-corrected chi connectivity index (χ0v) is 19.6. The summed E-state index contributed by atoms with van der Waals surface area (Å²) >= 11 is 3.60. The molecule has 0 aliphatic rings. The zero-order valence-electron chi connectivity index (χ0n) is 18.0. The summed E-state index contributed by atoms with van der Waals surface area (Å²) in [7, 11) is 0. The molecule has 156 valence electrons. The first kappa shape index (κ1) is 21.2. The lowest BCUT2D eigenvalue weighted by molar-refractivity contribution is 0.730. The van der Waals surface area contributed by atoms with Crippen LogP contribution in [0.5, 0.6) is 0 Å². The summed E-state index contributed by atoms with van der Waals surface area (Å²) in [5, 5.41) is 4.80. The minimum atomic E-state index is 1.10. The Labute approximate surface area is 187 Å². The fourth-order valence-electron chi connectivity index (χ4n) is 3.75. The van der Waals surface area contributed by atoms with Crippen LogP contribution in [0.3, 0.4) is 0 Å². The van der Waals surface area contributed by atoms with Gasteiger partial charge in [0.15, 0.2) is 0 Å². The molecule has 0 bridgehead atoms. The average molecular weight is 435 g/mol. The van der Waals surface area contributed by atoms with Crippen molar-refractivity contribution in [1.29, 1.82) is 0 Å². The second-order valence-corrected chi connectivity index (χ2v) is 9.88. The van der Waals surface area contributed by atoms with Gasteiger partial charge in [0.2, 0.25) is 0 Å². The SMILES string of the molecule is CCCCC/C=C/c1nc2ccc3c(ccc4nc(/C=C/CCCCC)sc43)c2s1. The molecule has 0 atom stereocenters. The molecule has 0 aliphatic carbocycles. The molecule has 0 saturated carbocycles. The van der Waals surface area contributed by atoms with Crippen molar-refractivity contribution in [2.75, 3.05) is 0 Å². The summed E-state index contributed by atoms with van der Waals surface area (Å²) < 4.78 is 2.57. The van der Waals surface area contributed by atoms with E-state index >= 15 is 0 Å². The van der Waals surface area contributed by atoms with Crippen molar-refractivity contribution in [3.8, 4) is 0 Å². The number of hydrogen-bond acceptors (Lipinski definition) is 4. The number of aromatic nitrogens is 2. The molecule has 4 rings (SSSR count).